The number of benzene rings is 1. The highest BCUT2D eigenvalue weighted by Crippen LogP contribution is 2.36. The largest absolute Gasteiger partial charge is 0.494 e. The van der Waals surface area contributed by atoms with Crippen LogP contribution in [-0.2, 0) is 15.9 Å². The maximum absolute atomic E-state index is 8.72. The van der Waals surface area contributed by atoms with E-state index in [0.717, 1.165) is 11.0 Å². The van der Waals surface area contributed by atoms with Crippen LogP contribution in [0.1, 0.15) is 39.0 Å². The highest BCUT2D eigenvalue weighted by atomic mass is 16.7. The molecule has 128 valence electrons. The fraction of sp³-hybridized carbons (Fsp3) is 0.389. The number of nitrogens with one attached hydrogen (secondary N) is 1. The number of nitriles is 1. The van der Waals surface area contributed by atoms with E-state index in [1.54, 1.807) is 6.20 Å². The molecule has 0 unspecified atom stereocenters. The average molecular weight is 336 g/mol. The van der Waals surface area contributed by atoms with Gasteiger partial charge in [0.15, 0.2) is 5.69 Å². The number of aromatic nitrogens is 2. The summed E-state index contributed by atoms with van der Waals surface area (Å²) in [5, 5.41) is 11.9. The highest BCUT2D eigenvalue weighted by molar-refractivity contribution is 6.62. The molecule has 1 saturated heterocycles. The molecular formula is C18H21BN4O2. The Morgan fingerprint density at radius 2 is 1.68 bits per heavy atom. The van der Waals surface area contributed by atoms with Crippen molar-refractivity contribution in [3.63, 3.8) is 0 Å². The van der Waals surface area contributed by atoms with Gasteiger partial charge in [0.2, 0.25) is 0 Å². The van der Waals surface area contributed by atoms with Crippen LogP contribution < -0.4 is 10.8 Å². The number of hydrogen-bond donors (Lipinski definition) is 1. The molecule has 3 rings (SSSR count). The summed E-state index contributed by atoms with van der Waals surface area (Å²) in [4.78, 5) is 8.12. The lowest BCUT2D eigenvalue weighted by Gasteiger charge is -2.32. The Bertz CT molecular complexity index is 766. The van der Waals surface area contributed by atoms with Crippen molar-refractivity contribution in [1.29, 1.82) is 5.26 Å². The van der Waals surface area contributed by atoms with Crippen molar-refractivity contribution in [3.8, 4) is 6.07 Å². The van der Waals surface area contributed by atoms with Crippen molar-refractivity contribution in [3.05, 3.63) is 47.9 Å². The summed E-state index contributed by atoms with van der Waals surface area (Å²) in [6.45, 7) is 8.80. The fourth-order valence-electron chi connectivity index (χ4n) is 2.44. The van der Waals surface area contributed by atoms with E-state index in [2.05, 4.69) is 15.3 Å². The molecule has 2 aromatic rings. The smallest absolute Gasteiger partial charge is 0.399 e. The van der Waals surface area contributed by atoms with Gasteiger partial charge in [0.1, 0.15) is 11.9 Å². The number of nitrogens with zero attached hydrogens (tertiary/aromatic N) is 3. The van der Waals surface area contributed by atoms with Gasteiger partial charge in [-0.1, -0.05) is 24.3 Å². The van der Waals surface area contributed by atoms with E-state index < -0.39 is 0 Å². The Morgan fingerprint density at radius 1 is 1.04 bits per heavy atom. The van der Waals surface area contributed by atoms with Gasteiger partial charge in [0.05, 0.1) is 23.6 Å². The van der Waals surface area contributed by atoms with Crippen LogP contribution in [0.4, 0.5) is 5.82 Å². The van der Waals surface area contributed by atoms with E-state index in [1.807, 2.05) is 58.0 Å². The molecule has 25 heavy (non-hydrogen) atoms. The molecule has 0 amide bonds. The molecule has 0 saturated carbocycles. The summed E-state index contributed by atoms with van der Waals surface area (Å²) in [5.41, 5.74) is 1.72. The zero-order chi connectivity index (χ0) is 18.1. The zero-order valence-electron chi connectivity index (χ0n) is 14.9. The van der Waals surface area contributed by atoms with Crippen LogP contribution in [0.15, 0.2) is 36.7 Å². The van der Waals surface area contributed by atoms with Gasteiger partial charge >= 0.3 is 7.12 Å². The van der Waals surface area contributed by atoms with Gasteiger partial charge < -0.3 is 14.6 Å². The number of hydrogen-bond acceptors (Lipinski definition) is 6. The molecule has 1 aliphatic rings. The summed E-state index contributed by atoms with van der Waals surface area (Å²) in [6, 6.07) is 10.0. The van der Waals surface area contributed by atoms with Crippen molar-refractivity contribution in [1.82, 2.24) is 9.97 Å². The third kappa shape index (κ3) is 3.65. The van der Waals surface area contributed by atoms with Crippen LogP contribution >= 0.6 is 0 Å². The number of anilines is 1. The Morgan fingerprint density at radius 3 is 2.20 bits per heavy atom. The van der Waals surface area contributed by atoms with Gasteiger partial charge in [0, 0.05) is 6.54 Å². The van der Waals surface area contributed by atoms with Crippen molar-refractivity contribution >= 4 is 18.4 Å². The lowest BCUT2D eigenvalue weighted by Crippen LogP contribution is -2.41. The van der Waals surface area contributed by atoms with Crippen LogP contribution in [-0.4, -0.2) is 28.3 Å². The molecule has 0 spiro atoms. The van der Waals surface area contributed by atoms with Crippen LogP contribution in [0.2, 0.25) is 0 Å². The van der Waals surface area contributed by atoms with E-state index in [9.17, 15) is 0 Å². The summed E-state index contributed by atoms with van der Waals surface area (Å²) in [6.07, 6.45) is 3.00. The summed E-state index contributed by atoms with van der Waals surface area (Å²) in [7, 11) is -0.351. The molecule has 0 bridgehead atoms. The minimum atomic E-state index is -0.351. The first-order chi connectivity index (χ1) is 11.8. The predicted molar refractivity (Wildman–Crippen MR) is 96.2 cm³/mol. The van der Waals surface area contributed by atoms with Gasteiger partial charge in [-0.2, -0.15) is 5.26 Å². The van der Waals surface area contributed by atoms with E-state index in [0.29, 0.717) is 18.1 Å². The van der Waals surface area contributed by atoms with Crippen LogP contribution in [0.25, 0.3) is 0 Å². The van der Waals surface area contributed by atoms with E-state index in [1.165, 1.54) is 6.20 Å². The Kier molecular flexibility index (Phi) is 4.50. The monoisotopic (exact) mass is 336 g/mol. The van der Waals surface area contributed by atoms with E-state index >= 15 is 0 Å². The second-order valence-electron chi connectivity index (χ2n) is 7.08. The minimum absolute atomic E-state index is 0.303. The summed E-state index contributed by atoms with van der Waals surface area (Å²) >= 11 is 0. The Hall–Kier alpha value is -2.43. The second kappa shape index (κ2) is 6.47. The molecule has 1 aromatic carbocycles. The molecule has 7 heteroatoms. The fourth-order valence-corrected chi connectivity index (χ4v) is 2.44. The molecule has 0 radical (unpaired) electrons. The Labute approximate surface area is 148 Å². The third-order valence-electron chi connectivity index (χ3n) is 4.75. The molecule has 0 aliphatic carbocycles. The molecule has 2 heterocycles. The van der Waals surface area contributed by atoms with Crippen LogP contribution in [0, 0.1) is 11.3 Å². The average Bonchev–Trinajstić information content (AvgIpc) is 2.82. The second-order valence-corrected chi connectivity index (χ2v) is 7.08. The van der Waals surface area contributed by atoms with E-state index in [-0.39, 0.29) is 18.3 Å². The molecule has 1 aliphatic heterocycles. The quantitative estimate of drug-likeness (QED) is 0.863. The normalized spacial score (nSPS) is 18.0. The van der Waals surface area contributed by atoms with Crippen molar-refractivity contribution in [2.45, 2.75) is 45.4 Å². The maximum atomic E-state index is 8.72. The summed E-state index contributed by atoms with van der Waals surface area (Å²) < 4.78 is 12.1. The first-order valence-electron chi connectivity index (χ1n) is 8.21. The van der Waals surface area contributed by atoms with Crippen molar-refractivity contribution < 1.29 is 9.31 Å². The maximum Gasteiger partial charge on any atom is 0.494 e. The topological polar surface area (TPSA) is 80.1 Å². The Balaban J connectivity index is 1.62. The molecule has 6 nitrogen and oxygen atoms in total. The summed E-state index contributed by atoms with van der Waals surface area (Å²) in [5.74, 6) is 0.633. The molecule has 1 fully saturated rings. The predicted octanol–water partition coefficient (Wildman–Crippen LogP) is 2.26. The van der Waals surface area contributed by atoms with Gasteiger partial charge in [-0.05, 0) is 38.7 Å². The number of rotatable bonds is 4. The highest BCUT2D eigenvalue weighted by Gasteiger charge is 2.51. The molecular weight excluding hydrogens is 315 g/mol. The van der Waals surface area contributed by atoms with Gasteiger partial charge in [-0.3, -0.25) is 0 Å². The third-order valence-corrected chi connectivity index (χ3v) is 4.75. The van der Waals surface area contributed by atoms with E-state index in [4.69, 9.17) is 14.6 Å². The van der Waals surface area contributed by atoms with Crippen LogP contribution in [0.5, 0.6) is 0 Å². The molecule has 1 N–H and O–H groups in total. The standard InChI is InChI=1S/C18H21BN4O2/c1-17(2)18(3,4)25-19(24-17)14-7-5-13(6-8-14)10-22-16-12-21-15(9-20)11-23-16/h5-8,11-12H,10H2,1-4H3,(H,22,23). The van der Waals surface area contributed by atoms with Gasteiger partial charge in [-0.15, -0.1) is 0 Å². The zero-order valence-corrected chi connectivity index (χ0v) is 14.9. The lowest BCUT2D eigenvalue weighted by atomic mass is 9.79. The minimum Gasteiger partial charge on any atom is -0.399 e. The first-order valence-corrected chi connectivity index (χ1v) is 8.21. The van der Waals surface area contributed by atoms with Gasteiger partial charge in [0.25, 0.3) is 0 Å². The lowest BCUT2D eigenvalue weighted by molar-refractivity contribution is 0.00578. The van der Waals surface area contributed by atoms with Crippen molar-refractivity contribution in [2.24, 2.45) is 0 Å². The molecule has 1 aromatic heterocycles. The first kappa shape index (κ1) is 17.4. The van der Waals surface area contributed by atoms with Crippen molar-refractivity contribution in [2.75, 3.05) is 5.32 Å². The molecule has 0 atom stereocenters. The van der Waals surface area contributed by atoms with Crippen LogP contribution in [0.3, 0.4) is 0 Å². The van der Waals surface area contributed by atoms with Gasteiger partial charge in [-0.25, -0.2) is 9.97 Å². The SMILES string of the molecule is CC1(C)OB(c2ccc(CNc3cnc(C#N)cn3)cc2)OC1(C)C.